The van der Waals surface area contributed by atoms with Crippen molar-refractivity contribution in [2.45, 2.75) is 65.0 Å². The fourth-order valence-corrected chi connectivity index (χ4v) is 4.11. The van der Waals surface area contributed by atoms with Gasteiger partial charge in [-0.3, -0.25) is 0 Å². The summed E-state index contributed by atoms with van der Waals surface area (Å²) in [6, 6.07) is 11.8. The van der Waals surface area contributed by atoms with Crippen LogP contribution in [0.1, 0.15) is 59.8 Å². The van der Waals surface area contributed by atoms with Gasteiger partial charge in [-0.25, -0.2) is 14.2 Å². The first-order valence-corrected chi connectivity index (χ1v) is 11.7. The Morgan fingerprint density at radius 1 is 1.09 bits per heavy atom. The van der Waals surface area contributed by atoms with E-state index < -0.39 is 0 Å². The van der Waals surface area contributed by atoms with E-state index in [0.29, 0.717) is 37.0 Å². The second kappa shape index (κ2) is 11.4. The number of carbonyl (C=O) groups excluding carboxylic acids is 1. The fourth-order valence-electron chi connectivity index (χ4n) is 4.11. The third-order valence-corrected chi connectivity index (χ3v) is 5.97. The maximum atomic E-state index is 13.1. The summed E-state index contributed by atoms with van der Waals surface area (Å²) < 4.78 is 36.0. The highest BCUT2D eigenvalue weighted by molar-refractivity contribution is 5.91. The summed E-state index contributed by atoms with van der Waals surface area (Å²) in [6.45, 7) is 4.84. The van der Waals surface area contributed by atoms with Crippen molar-refractivity contribution in [3.8, 4) is 11.5 Å². The van der Waals surface area contributed by atoms with Crippen LogP contribution in [0.5, 0.6) is 0 Å². The van der Waals surface area contributed by atoms with E-state index in [2.05, 4.69) is 4.98 Å². The minimum Gasteiger partial charge on any atom is -0.462 e. The van der Waals surface area contributed by atoms with Crippen LogP contribution >= 0.6 is 0 Å². The molecule has 0 aliphatic heterocycles. The fraction of sp³-hybridized carbons (Fsp3) is 0.407. The van der Waals surface area contributed by atoms with Crippen molar-refractivity contribution < 1.29 is 27.8 Å². The molecule has 0 spiro atoms. The van der Waals surface area contributed by atoms with Gasteiger partial charge < -0.3 is 18.6 Å². The molecule has 6 nitrogen and oxygen atoms in total. The molecule has 34 heavy (non-hydrogen) atoms. The van der Waals surface area contributed by atoms with Crippen molar-refractivity contribution in [3.05, 3.63) is 76.9 Å². The van der Waals surface area contributed by atoms with Crippen LogP contribution in [0.25, 0.3) is 11.5 Å². The number of hydrogen-bond donors (Lipinski definition) is 0. The van der Waals surface area contributed by atoms with Crippen LogP contribution in [0.3, 0.4) is 0 Å². The minimum atomic E-state index is -0.302. The summed E-state index contributed by atoms with van der Waals surface area (Å²) in [7, 11) is 0. The number of hydrogen-bond acceptors (Lipinski definition) is 6. The van der Waals surface area contributed by atoms with E-state index in [1.807, 2.05) is 25.1 Å². The number of aromatic nitrogens is 1. The molecule has 0 N–H and O–H groups in total. The van der Waals surface area contributed by atoms with Crippen molar-refractivity contribution in [3.63, 3.8) is 0 Å². The highest BCUT2D eigenvalue weighted by atomic mass is 19.1. The second-order valence-electron chi connectivity index (χ2n) is 8.55. The number of oxazole rings is 1. The molecule has 0 radical (unpaired) electrons. The number of nitrogens with zero attached hydrogens (tertiary/aromatic N) is 1. The van der Waals surface area contributed by atoms with Gasteiger partial charge in [-0.2, -0.15) is 0 Å². The molecule has 7 heteroatoms. The van der Waals surface area contributed by atoms with Crippen LogP contribution in [-0.2, 0) is 27.4 Å². The summed E-state index contributed by atoms with van der Waals surface area (Å²) in [6.07, 6.45) is 5.54. The van der Waals surface area contributed by atoms with Gasteiger partial charge >= 0.3 is 5.97 Å². The number of carbonyl (C=O) groups is 1. The molecular weight excluding hydrogens is 437 g/mol. The van der Waals surface area contributed by atoms with Crippen LogP contribution < -0.4 is 0 Å². The lowest BCUT2D eigenvalue weighted by Crippen LogP contribution is -2.28. The molecule has 0 amide bonds. The molecule has 1 aliphatic carbocycles. The van der Waals surface area contributed by atoms with E-state index in [1.54, 1.807) is 25.3 Å². The Morgan fingerprint density at radius 2 is 1.82 bits per heavy atom. The van der Waals surface area contributed by atoms with E-state index >= 15 is 0 Å². The molecule has 3 aromatic rings. The molecule has 1 aromatic heterocycles. The maximum absolute atomic E-state index is 13.1. The normalized spacial score (nSPS) is 18.1. The summed E-state index contributed by atoms with van der Waals surface area (Å²) in [5.74, 6) is -0.151. The SMILES string of the molecule is CCOC(=O)c1cc(CO[C@@H]2CCC[C@H](OCc3coc(-c4ccc(F)cc4)n3)C2)ccc1C. The molecule has 2 atom stereocenters. The van der Waals surface area contributed by atoms with Crippen molar-refractivity contribution >= 4 is 5.97 Å². The number of aryl methyl sites for hydroxylation is 1. The van der Waals surface area contributed by atoms with Gasteiger partial charge in [0.25, 0.3) is 0 Å². The monoisotopic (exact) mass is 467 g/mol. The quantitative estimate of drug-likeness (QED) is 0.359. The summed E-state index contributed by atoms with van der Waals surface area (Å²) in [5, 5.41) is 0. The second-order valence-corrected chi connectivity index (χ2v) is 8.55. The Balaban J connectivity index is 1.27. The summed E-state index contributed by atoms with van der Waals surface area (Å²) >= 11 is 0. The Bertz CT molecular complexity index is 1090. The number of ether oxygens (including phenoxy) is 3. The molecule has 1 heterocycles. The highest BCUT2D eigenvalue weighted by Gasteiger charge is 2.24. The molecular formula is C27H30FNO5. The molecule has 4 rings (SSSR count). The first kappa shape index (κ1) is 24.1. The van der Waals surface area contributed by atoms with Gasteiger partial charge in [0, 0.05) is 5.56 Å². The standard InChI is InChI=1S/C27H30FNO5/c1-3-31-27(30)25-13-19(8-7-18(25)2)15-32-23-5-4-6-24(14-23)33-16-22-17-34-26(29-22)20-9-11-21(28)12-10-20/h7-13,17,23-24H,3-6,14-16H2,1-2H3/t23-,24+/m1/s1. The van der Waals surface area contributed by atoms with Crippen LogP contribution in [-0.4, -0.2) is 29.8 Å². The molecule has 1 saturated carbocycles. The lowest BCUT2D eigenvalue weighted by atomic mass is 9.94. The molecule has 0 unspecified atom stereocenters. The van der Waals surface area contributed by atoms with E-state index in [4.69, 9.17) is 18.6 Å². The zero-order valence-electron chi connectivity index (χ0n) is 19.6. The number of halogens is 1. The zero-order valence-corrected chi connectivity index (χ0v) is 19.6. The molecule has 1 aliphatic rings. The largest absolute Gasteiger partial charge is 0.462 e. The average molecular weight is 468 g/mol. The molecule has 2 aromatic carbocycles. The first-order valence-electron chi connectivity index (χ1n) is 11.7. The van der Waals surface area contributed by atoms with Crippen LogP contribution in [0.4, 0.5) is 4.39 Å². The van der Waals surface area contributed by atoms with E-state index in [0.717, 1.165) is 42.4 Å². The topological polar surface area (TPSA) is 70.8 Å². The lowest BCUT2D eigenvalue weighted by Gasteiger charge is -2.29. The van der Waals surface area contributed by atoms with Crippen molar-refractivity contribution in [2.24, 2.45) is 0 Å². The molecule has 0 saturated heterocycles. The average Bonchev–Trinajstić information content (AvgIpc) is 3.32. The Labute approximate surface area is 199 Å². The lowest BCUT2D eigenvalue weighted by molar-refractivity contribution is -0.0561. The van der Waals surface area contributed by atoms with E-state index in [-0.39, 0.29) is 24.0 Å². The van der Waals surface area contributed by atoms with Crippen LogP contribution in [0.2, 0.25) is 0 Å². The van der Waals surface area contributed by atoms with Crippen LogP contribution in [0.15, 0.2) is 53.1 Å². The van der Waals surface area contributed by atoms with Gasteiger partial charge in [-0.1, -0.05) is 12.1 Å². The van der Waals surface area contributed by atoms with Crippen molar-refractivity contribution in [1.29, 1.82) is 0 Å². The van der Waals surface area contributed by atoms with Gasteiger partial charge in [-0.15, -0.1) is 0 Å². The molecule has 180 valence electrons. The Kier molecular flexibility index (Phi) is 8.08. The van der Waals surface area contributed by atoms with Crippen LogP contribution in [0, 0.1) is 12.7 Å². The molecule has 1 fully saturated rings. The predicted octanol–water partition coefficient (Wildman–Crippen LogP) is 6.01. The maximum Gasteiger partial charge on any atom is 0.338 e. The third-order valence-electron chi connectivity index (χ3n) is 5.97. The zero-order chi connectivity index (χ0) is 23.9. The first-order chi connectivity index (χ1) is 16.5. The minimum absolute atomic E-state index is 0.0813. The van der Waals surface area contributed by atoms with Crippen molar-refractivity contribution in [2.75, 3.05) is 6.61 Å². The summed E-state index contributed by atoms with van der Waals surface area (Å²) in [4.78, 5) is 16.6. The van der Waals surface area contributed by atoms with Gasteiger partial charge in [0.2, 0.25) is 5.89 Å². The van der Waals surface area contributed by atoms with E-state index in [9.17, 15) is 9.18 Å². The summed E-state index contributed by atoms with van der Waals surface area (Å²) in [5.41, 5.74) is 3.85. The number of esters is 1. The van der Waals surface area contributed by atoms with Gasteiger partial charge in [-0.05, 0) is 81.0 Å². The third kappa shape index (κ3) is 6.30. The predicted molar refractivity (Wildman–Crippen MR) is 125 cm³/mol. The molecule has 0 bridgehead atoms. The highest BCUT2D eigenvalue weighted by Crippen LogP contribution is 2.26. The Morgan fingerprint density at radius 3 is 2.56 bits per heavy atom. The van der Waals surface area contributed by atoms with Gasteiger partial charge in [0.15, 0.2) is 0 Å². The van der Waals surface area contributed by atoms with E-state index in [1.165, 1.54) is 12.1 Å². The number of rotatable bonds is 9. The Hall–Kier alpha value is -3.03. The van der Waals surface area contributed by atoms with Gasteiger partial charge in [0.1, 0.15) is 17.8 Å². The van der Waals surface area contributed by atoms with Crippen molar-refractivity contribution in [1.82, 2.24) is 4.98 Å². The smallest absolute Gasteiger partial charge is 0.338 e. The van der Waals surface area contributed by atoms with Gasteiger partial charge in [0.05, 0.1) is 37.6 Å². The number of benzene rings is 2.